The highest BCUT2D eigenvalue weighted by molar-refractivity contribution is 7.99. The van der Waals surface area contributed by atoms with Crippen molar-refractivity contribution in [1.29, 1.82) is 0 Å². The zero-order valence-electron chi connectivity index (χ0n) is 10.2. The quantitative estimate of drug-likeness (QED) is 0.931. The van der Waals surface area contributed by atoms with E-state index in [-0.39, 0.29) is 6.61 Å². The van der Waals surface area contributed by atoms with Crippen LogP contribution in [0.5, 0.6) is 0 Å². The SMILES string of the molecule is OCc1ccc(Sc2ccoc2C2OCCO2)cc1. The van der Waals surface area contributed by atoms with Crippen molar-refractivity contribution in [2.24, 2.45) is 0 Å². The molecule has 1 aromatic carbocycles. The number of rotatable bonds is 4. The molecule has 1 fully saturated rings. The predicted octanol–water partition coefficient (Wildman–Crippen LogP) is 2.97. The molecule has 2 aromatic rings. The number of aliphatic hydroxyl groups is 1. The largest absolute Gasteiger partial charge is 0.463 e. The Hall–Kier alpha value is -1.27. The smallest absolute Gasteiger partial charge is 0.218 e. The molecule has 0 bridgehead atoms. The molecule has 1 saturated heterocycles. The first-order valence-corrected chi connectivity index (χ1v) is 6.87. The molecule has 0 saturated carbocycles. The fourth-order valence-corrected chi connectivity index (χ4v) is 2.76. The Balaban J connectivity index is 1.77. The van der Waals surface area contributed by atoms with Crippen molar-refractivity contribution in [2.75, 3.05) is 13.2 Å². The van der Waals surface area contributed by atoms with Crippen LogP contribution in [0.2, 0.25) is 0 Å². The summed E-state index contributed by atoms with van der Waals surface area (Å²) >= 11 is 1.59. The number of hydrogen-bond acceptors (Lipinski definition) is 5. The molecule has 0 amide bonds. The van der Waals surface area contributed by atoms with Crippen molar-refractivity contribution in [3.8, 4) is 0 Å². The maximum Gasteiger partial charge on any atom is 0.218 e. The van der Waals surface area contributed by atoms with Gasteiger partial charge in [0, 0.05) is 4.90 Å². The summed E-state index contributed by atoms with van der Waals surface area (Å²) in [5.41, 5.74) is 0.902. The monoisotopic (exact) mass is 278 g/mol. The molecule has 3 rings (SSSR count). The van der Waals surface area contributed by atoms with Gasteiger partial charge in [0.25, 0.3) is 0 Å². The number of furan rings is 1. The second kappa shape index (κ2) is 5.79. The lowest BCUT2D eigenvalue weighted by molar-refractivity contribution is -0.0611. The van der Waals surface area contributed by atoms with Crippen molar-refractivity contribution in [3.63, 3.8) is 0 Å². The summed E-state index contributed by atoms with van der Waals surface area (Å²) in [7, 11) is 0. The highest BCUT2D eigenvalue weighted by Crippen LogP contribution is 2.37. The molecule has 19 heavy (non-hydrogen) atoms. The lowest BCUT2D eigenvalue weighted by Crippen LogP contribution is -1.97. The van der Waals surface area contributed by atoms with Gasteiger partial charge in [-0.1, -0.05) is 23.9 Å². The van der Waals surface area contributed by atoms with Gasteiger partial charge in [0.1, 0.15) is 0 Å². The third-order valence-corrected chi connectivity index (χ3v) is 3.89. The molecule has 1 aliphatic heterocycles. The van der Waals surface area contributed by atoms with Crippen LogP contribution in [0.3, 0.4) is 0 Å². The third kappa shape index (κ3) is 2.84. The Morgan fingerprint density at radius 1 is 1.11 bits per heavy atom. The van der Waals surface area contributed by atoms with Crippen LogP contribution >= 0.6 is 11.8 Å². The van der Waals surface area contributed by atoms with Crippen molar-refractivity contribution >= 4 is 11.8 Å². The van der Waals surface area contributed by atoms with Gasteiger partial charge in [-0.25, -0.2) is 0 Å². The van der Waals surface area contributed by atoms with Crippen molar-refractivity contribution in [1.82, 2.24) is 0 Å². The van der Waals surface area contributed by atoms with E-state index < -0.39 is 6.29 Å². The molecule has 1 aromatic heterocycles. The molecule has 1 aliphatic rings. The Morgan fingerprint density at radius 3 is 2.53 bits per heavy atom. The molecule has 2 heterocycles. The van der Waals surface area contributed by atoms with E-state index in [1.807, 2.05) is 30.3 Å². The molecule has 5 heteroatoms. The second-order valence-electron chi connectivity index (χ2n) is 4.13. The highest BCUT2D eigenvalue weighted by atomic mass is 32.2. The summed E-state index contributed by atoms with van der Waals surface area (Å²) < 4.78 is 16.4. The van der Waals surface area contributed by atoms with E-state index in [4.69, 9.17) is 19.0 Å². The van der Waals surface area contributed by atoms with Crippen molar-refractivity contribution < 1.29 is 19.0 Å². The van der Waals surface area contributed by atoms with E-state index in [2.05, 4.69) is 0 Å². The molecule has 1 N–H and O–H groups in total. The molecule has 0 aliphatic carbocycles. The zero-order chi connectivity index (χ0) is 13.1. The van der Waals surface area contributed by atoms with Crippen molar-refractivity contribution in [3.05, 3.63) is 47.9 Å². The number of hydrogen-bond donors (Lipinski definition) is 1. The van der Waals surface area contributed by atoms with Gasteiger partial charge in [-0.2, -0.15) is 0 Å². The second-order valence-corrected chi connectivity index (χ2v) is 5.24. The maximum absolute atomic E-state index is 9.02. The first kappa shape index (κ1) is 12.7. The lowest BCUT2D eigenvalue weighted by atomic mass is 10.2. The van der Waals surface area contributed by atoms with Gasteiger partial charge in [-0.15, -0.1) is 0 Å². The molecular weight excluding hydrogens is 264 g/mol. The van der Waals surface area contributed by atoms with Crippen LogP contribution in [-0.2, 0) is 16.1 Å². The standard InChI is InChI=1S/C14H14O4S/c15-9-10-1-3-11(4-2-10)19-12-5-6-16-13(12)14-17-7-8-18-14/h1-6,14-15H,7-9H2. The van der Waals surface area contributed by atoms with E-state index >= 15 is 0 Å². The summed E-state index contributed by atoms with van der Waals surface area (Å²) in [6.07, 6.45) is 1.25. The number of aliphatic hydroxyl groups excluding tert-OH is 1. The van der Waals surface area contributed by atoms with Crippen LogP contribution in [0.4, 0.5) is 0 Å². The van der Waals surface area contributed by atoms with Gasteiger partial charge >= 0.3 is 0 Å². The molecule has 0 unspecified atom stereocenters. The summed E-state index contributed by atoms with van der Waals surface area (Å²) in [6.45, 7) is 1.26. The van der Waals surface area contributed by atoms with Crippen LogP contribution < -0.4 is 0 Å². The van der Waals surface area contributed by atoms with Crippen LogP contribution in [0.1, 0.15) is 17.6 Å². The maximum atomic E-state index is 9.02. The van der Waals surface area contributed by atoms with Gasteiger partial charge in [-0.3, -0.25) is 0 Å². The van der Waals surface area contributed by atoms with Crippen LogP contribution in [0.25, 0.3) is 0 Å². The summed E-state index contributed by atoms with van der Waals surface area (Å²) in [4.78, 5) is 2.07. The van der Waals surface area contributed by atoms with Crippen LogP contribution in [-0.4, -0.2) is 18.3 Å². The molecule has 0 radical (unpaired) electrons. The minimum absolute atomic E-state index is 0.0612. The molecule has 0 spiro atoms. The van der Waals surface area contributed by atoms with Crippen LogP contribution in [0, 0.1) is 0 Å². The first-order chi connectivity index (χ1) is 9.36. The number of benzene rings is 1. The van der Waals surface area contributed by atoms with Crippen LogP contribution in [0.15, 0.2) is 50.8 Å². The topological polar surface area (TPSA) is 51.8 Å². The molecular formula is C14H14O4S. The van der Waals surface area contributed by atoms with Gasteiger partial charge in [0.15, 0.2) is 5.76 Å². The third-order valence-electron chi connectivity index (χ3n) is 2.83. The van der Waals surface area contributed by atoms with E-state index in [0.717, 1.165) is 15.4 Å². The minimum atomic E-state index is -0.394. The van der Waals surface area contributed by atoms with Gasteiger partial charge in [0.2, 0.25) is 6.29 Å². The zero-order valence-corrected chi connectivity index (χ0v) is 11.1. The number of ether oxygens (including phenoxy) is 2. The normalized spacial score (nSPS) is 16.1. The average molecular weight is 278 g/mol. The van der Waals surface area contributed by atoms with E-state index in [1.54, 1.807) is 18.0 Å². The summed E-state index contributed by atoms with van der Waals surface area (Å²) in [5, 5.41) is 9.02. The van der Waals surface area contributed by atoms with E-state index in [9.17, 15) is 0 Å². The summed E-state index contributed by atoms with van der Waals surface area (Å²) in [5.74, 6) is 0.716. The predicted molar refractivity (Wildman–Crippen MR) is 69.8 cm³/mol. The average Bonchev–Trinajstić information content (AvgIpc) is 3.10. The highest BCUT2D eigenvalue weighted by Gasteiger charge is 2.24. The first-order valence-electron chi connectivity index (χ1n) is 6.05. The van der Waals surface area contributed by atoms with Gasteiger partial charge in [0.05, 0.1) is 31.0 Å². The molecule has 100 valence electrons. The van der Waals surface area contributed by atoms with E-state index in [1.165, 1.54) is 0 Å². The minimum Gasteiger partial charge on any atom is -0.463 e. The van der Waals surface area contributed by atoms with E-state index in [0.29, 0.717) is 19.0 Å². The van der Waals surface area contributed by atoms with Gasteiger partial charge < -0.3 is 19.0 Å². The van der Waals surface area contributed by atoms with Gasteiger partial charge in [-0.05, 0) is 23.8 Å². The fraction of sp³-hybridized carbons (Fsp3) is 0.286. The Morgan fingerprint density at radius 2 is 1.84 bits per heavy atom. The molecule has 0 atom stereocenters. The molecule has 4 nitrogen and oxygen atoms in total. The Bertz CT molecular complexity index is 529. The lowest BCUT2D eigenvalue weighted by Gasteiger charge is -2.08. The fourth-order valence-electron chi connectivity index (χ4n) is 1.87. The van der Waals surface area contributed by atoms with Crippen molar-refractivity contribution in [2.45, 2.75) is 22.7 Å². The Labute approximate surface area is 115 Å². The Kier molecular flexibility index (Phi) is 3.89. The summed E-state index contributed by atoms with van der Waals surface area (Å²) in [6, 6.07) is 9.67.